The van der Waals surface area contributed by atoms with Gasteiger partial charge in [-0.15, -0.1) is 0 Å². The molecule has 1 heterocycles. The highest BCUT2D eigenvalue weighted by Gasteiger charge is 2.11. The molecule has 0 bridgehead atoms. The summed E-state index contributed by atoms with van der Waals surface area (Å²) >= 11 is 1.77. The third kappa shape index (κ3) is 4.37. The standard InChI is InChI=1S/C16H21NOS/c1-17-11-15(9-14-6-7-19-12-14)8-13-4-3-5-16(10-13)18-2/h3-7,10,12,15,17H,8-9,11H2,1-2H3. The highest BCUT2D eigenvalue weighted by atomic mass is 32.1. The summed E-state index contributed by atoms with van der Waals surface area (Å²) in [6.45, 7) is 1.03. The number of nitrogens with one attached hydrogen (secondary N) is 1. The Morgan fingerprint density at radius 3 is 2.74 bits per heavy atom. The van der Waals surface area contributed by atoms with Crippen molar-refractivity contribution in [3.05, 3.63) is 52.2 Å². The second-order valence-electron chi connectivity index (χ2n) is 4.82. The molecular weight excluding hydrogens is 254 g/mol. The fourth-order valence-corrected chi connectivity index (χ4v) is 3.06. The maximum absolute atomic E-state index is 5.29. The molecule has 0 aliphatic rings. The molecule has 2 rings (SSSR count). The lowest BCUT2D eigenvalue weighted by atomic mass is 9.93. The first-order chi connectivity index (χ1) is 9.31. The average molecular weight is 275 g/mol. The van der Waals surface area contributed by atoms with Crippen LogP contribution in [0.5, 0.6) is 5.75 Å². The summed E-state index contributed by atoms with van der Waals surface area (Å²) in [5.74, 6) is 1.56. The quantitative estimate of drug-likeness (QED) is 0.836. The number of thiophene rings is 1. The lowest BCUT2D eigenvalue weighted by molar-refractivity contribution is 0.413. The van der Waals surface area contributed by atoms with Crippen LogP contribution in [0, 0.1) is 5.92 Å². The van der Waals surface area contributed by atoms with Crippen LogP contribution in [0.2, 0.25) is 0 Å². The van der Waals surface area contributed by atoms with Gasteiger partial charge < -0.3 is 10.1 Å². The summed E-state index contributed by atoms with van der Waals surface area (Å²) in [6.07, 6.45) is 2.20. The summed E-state index contributed by atoms with van der Waals surface area (Å²) in [5, 5.41) is 7.70. The van der Waals surface area contributed by atoms with E-state index in [1.165, 1.54) is 11.1 Å². The van der Waals surface area contributed by atoms with Crippen LogP contribution in [0.1, 0.15) is 11.1 Å². The zero-order valence-electron chi connectivity index (χ0n) is 11.6. The zero-order chi connectivity index (χ0) is 13.5. The first-order valence-corrected chi connectivity index (χ1v) is 7.54. The van der Waals surface area contributed by atoms with Crippen molar-refractivity contribution in [1.82, 2.24) is 5.32 Å². The number of hydrogen-bond acceptors (Lipinski definition) is 3. The molecule has 2 nitrogen and oxygen atoms in total. The fourth-order valence-electron chi connectivity index (χ4n) is 2.38. The molecule has 0 aliphatic heterocycles. The van der Waals surface area contributed by atoms with Crippen LogP contribution < -0.4 is 10.1 Å². The molecule has 1 N–H and O–H groups in total. The number of rotatable bonds is 7. The highest BCUT2D eigenvalue weighted by Crippen LogP contribution is 2.19. The van der Waals surface area contributed by atoms with Gasteiger partial charge in [0.25, 0.3) is 0 Å². The molecule has 1 aromatic carbocycles. The molecule has 0 radical (unpaired) electrons. The first-order valence-electron chi connectivity index (χ1n) is 6.60. The molecule has 1 atom stereocenters. The lowest BCUT2D eigenvalue weighted by Gasteiger charge is -2.16. The third-order valence-corrected chi connectivity index (χ3v) is 3.99. The van der Waals surface area contributed by atoms with Gasteiger partial charge >= 0.3 is 0 Å². The number of ether oxygens (including phenoxy) is 1. The van der Waals surface area contributed by atoms with Crippen LogP contribution in [0.15, 0.2) is 41.1 Å². The highest BCUT2D eigenvalue weighted by molar-refractivity contribution is 7.07. The van der Waals surface area contributed by atoms with Gasteiger partial charge in [-0.3, -0.25) is 0 Å². The molecule has 0 saturated carbocycles. The summed E-state index contributed by atoms with van der Waals surface area (Å²) in [5.41, 5.74) is 2.78. The second-order valence-corrected chi connectivity index (χ2v) is 5.60. The third-order valence-electron chi connectivity index (χ3n) is 3.26. The van der Waals surface area contributed by atoms with Crippen LogP contribution in [0.3, 0.4) is 0 Å². The minimum Gasteiger partial charge on any atom is -0.497 e. The van der Waals surface area contributed by atoms with Gasteiger partial charge in [-0.2, -0.15) is 11.3 Å². The molecule has 2 aromatic rings. The second kappa shape index (κ2) is 7.31. The Morgan fingerprint density at radius 1 is 1.21 bits per heavy atom. The van der Waals surface area contributed by atoms with E-state index in [1.54, 1.807) is 18.4 Å². The monoisotopic (exact) mass is 275 g/mol. The molecule has 1 unspecified atom stereocenters. The van der Waals surface area contributed by atoms with Gasteiger partial charge in [0.15, 0.2) is 0 Å². The smallest absolute Gasteiger partial charge is 0.119 e. The minimum atomic E-state index is 0.617. The molecule has 0 amide bonds. The van der Waals surface area contributed by atoms with E-state index in [-0.39, 0.29) is 0 Å². The molecule has 0 saturated heterocycles. The van der Waals surface area contributed by atoms with Crippen LogP contribution in [0.25, 0.3) is 0 Å². The van der Waals surface area contributed by atoms with Crippen LogP contribution in [-0.4, -0.2) is 20.7 Å². The van der Waals surface area contributed by atoms with Crippen LogP contribution in [-0.2, 0) is 12.8 Å². The Labute approximate surface area is 119 Å². The molecule has 1 aromatic heterocycles. The van der Waals surface area contributed by atoms with E-state index in [0.717, 1.165) is 25.1 Å². The number of hydrogen-bond donors (Lipinski definition) is 1. The summed E-state index contributed by atoms with van der Waals surface area (Å²) < 4.78 is 5.29. The van der Waals surface area contributed by atoms with Gasteiger partial charge in [-0.1, -0.05) is 12.1 Å². The summed E-state index contributed by atoms with van der Waals surface area (Å²) in [7, 11) is 3.74. The van der Waals surface area contributed by atoms with E-state index in [4.69, 9.17) is 4.74 Å². The average Bonchev–Trinajstić information content (AvgIpc) is 2.92. The molecule has 0 spiro atoms. The summed E-state index contributed by atoms with van der Waals surface area (Å²) in [4.78, 5) is 0. The Bertz CT molecular complexity index is 481. The van der Waals surface area contributed by atoms with Crippen molar-refractivity contribution in [2.24, 2.45) is 5.92 Å². The van der Waals surface area contributed by atoms with Crippen molar-refractivity contribution in [3.8, 4) is 5.75 Å². The normalized spacial score (nSPS) is 12.3. The molecule has 0 fully saturated rings. The molecule has 102 valence electrons. The Balaban J connectivity index is 2.02. The molecule has 19 heavy (non-hydrogen) atoms. The van der Waals surface area contributed by atoms with Crippen LogP contribution >= 0.6 is 11.3 Å². The van der Waals surface area contributed by atoms with Crippen molar-refractivity contribution >= 4 is 11.3 Å². The minimum absolute atomic E-state index is 0.617. The summed E-state index contributed by atoms with van der Waals surface area (Å²) in [6, 6.07) is 10.6. The van der Waals surface area contributed by atoms with E-state index in [0.29, 0.717) is 5.92 Å². The predicted octanol–water partition coefficient (Wildman–Crippen LogP) is 3.38. The van der Waals surface area contributed by atoms with Gasteiger partial charge in [0, 0.05) is 0 Å². The largest absolute Gasteiger partial charge is 0.497 e. The van der Waals surface area contributed by atoms with Crippen molar-refractivity contribution in [2.45, 2.75) is 12.8 Å². The lowest BCUT2D eigenvalue weighted by Crippen LogP contribution is -2.22. The van der Waals surface area contributed by atoms with Crippen molar-refractivity contribution in [2.75, 3.05) is 20.7 Å². The Hall–Kier alpha value is -1.32. The van der Waals surface area contributed by atoms with Gasteiger partial charge in [-0.25, -0.2) is 0 Å². The predicted molar refractivity (Wildman–Crippen MR) is 82.1 cm³/mol. The fraction of sp³-hybridized carbons (Fsp3) is 0.375. The Morgan fingerprint density at radius 2 is 2.05 bits per heavy atom. The zero-order valence-corrected chi connectivity index (χ0v) is 12.4. The topological polar surface area (TPSA) is 21.3 Å². The molecular formula is C16H21NOS. The van der Waals surface area contributed by atoms with E-state index >= 15 is 0 Å². The van der Waals surface area contributed by atoms with Gasteiger partial charge in [-0.05, 0) is 72.4 Å². The van der Waals surface area contributed by atoms with E-state index in [2.05, 4.69) is 40.3 Å². The molecule has 0 aliphatic carbocycles. The van der Waals surface area contributed by atoms with Crippen LogP contribution in [0.4, 0.5) is 0 Å². The van der Waals surface area contributed by atoms with Gasteiger partial charge in [0.2, 0.25) is 0 Å². The molecule has 3 heteroatoms. The van der Waals surface area contributed by atoms with Gasteiger partial charge in [0.1, 0.15) is 5.75 Å². The van der Waals surface area contributed by atoms with Gasteiger partial charge in [0.05, 0.1) is 7.11 Å². The van der Waals surface area contributed by atoms with E-state index in [9.17, 15) is 0 Å². The van der Waals surface area contributed by atoms with E-state index < -0.39 is 0 Å². The maximum atomic E-state index is 5.29. The SMILES string of the molecule is CNCC(Cc1ccsc1)Cc1cccc(OC)c1. The maximum Gasteiger partial charge on any atom is 0.119 e. The number of benzene rings is 1. The first kappa shape index (κ1) is 14.1. The van der Waals surface area contributed by atoms with Crippen molar-refractivity contribution < 1.29 is 4.74 Å². The van der Waals surface area contributed by atoms with Crippen molar-refractivity contribution in [3.63, 3.8) is 0 Å². The van der Waals surface area contributed by atoms with E-state index in [1.807, 2.05) is 13.1 Å². The van der Waals surface area contributed by atoms with Crippen molar-refractivity contribution in [1.29, 1.82) is 0 Å². The Kier molecular flexibility index (Phi) is 5.43. The number of methoxy groups -OCH3 is 1.